The summed E-state index contributed by atoms with van der Waals surface area (Å²) in [7, 11) is 0. The Labute approximate surface area is 156 Å². The van der Waals surface area contributed by atoms with E-state index in [1.807, 2.05) is 65.6 Å². The third-order valence-electron chi connectivity index (χ3n) is 4.41. The van der Waals surface area contributed by atoms with Gasteiger partial charge in [-0.2, -0.15) is 4.68 Å². The number of amides is 1. The Bertz CT molecular complexity index is 862. The maximum absolute atomic E-state index is 13.1. The number of carbonyl (C=O) groups excluding carboxylic acids is 1. The van der Waals surface area contributed by atoms with Crippen LogP contribution in [0.25, 0.3) is 5.69 Å². The van der Waals surface area contributed by atoms with Crippen LogP contribution < -0.4 is 0 Å². The topological polar surface area (TPSA) is 63.9 Å². The van der Waals surface area contributed by atoms with E-state index in [0.29, 0.717) is 5.16 Å². The molecule has 0 N–H and O–H groups in total. The zero-order valence-electron chi connectivity index (χ0n) is 14.2. The predicted octanol–water partition coefficient (Wildman–Crippen LogP) is 3.12. The Hall–Kier alpha value is -2.67. The Morgan fingerprint density at radius 2 is 1.62 bits per heavy atom. The molecule has 1 aliphatic heterocycles. The lowest BCUT2D eigenvalue weighted by atomic mass is 10.1. The highest BCUT2D eigenvalue weighted by atomic mass is 32.2. The van der Waals surface area contributed by atoms with Gasteiger partial charge in [0, 0.05) is 13.1 Å². The Morgan fingerprint density at radius 3 is 2.31 bits per heavy atom. The first-order chi connectivity index (χ1) is 12.8. The van der Waals surface area contributed by atoms with Crippen LogP contribution in [0.4, 0.5) is 0 Å². The van der Waals surface area contributed by atoms with Crippen molar-refractivity contribution in [2.75, 3.05) is 13.1 Å². The van der Waals surface area contributed by atoms with Crippen LogP contribution in [0.1, 0.15) is 23.7 Å². The molecule has 132 valence electrons. The van der Waals surface area contributed by atoms with Crippen molar-refractivity contribution in [1.29, 1.82) is 0 Å². The molecule has 4 rings (SSSR count). The molecular weight excluding hydrogens is 346 g/mol. The van der Waals surface area contributed by atoms with Crippen molar-refractivity contribution in [2.45, 2.75) is 23.2 Å². The number of benzene rings is 2. The SMILES string of the molecule is O=C([C@H](Sc1nnnn1-c1ccccc1)c1ccccc1)N1CCCC1. The first-order valence-electron chi connectivity index (χ1n) is 8.67. The smallest absolute Gasteiger partial charge is 0.240 e. The molecule has 3 aromatic rings. The quantitative estimate of drug-likeness (QED) is 0.650. The fraction of sp³-hybridized carbons (Fsp3) is 0.263. The van der Waals surface area contributed by atoms with Gasteiger partial charge >= 0.3 is 0 Å². The summed E-state index contributed by atoms with van der Waals surface area (Å²) in [5.41, 5.74) is 1.84. The highest BCUT2D eigenvalue weighted by Crippen LogP contribution is 2.36. The molecule has 0 spiro atoms. The van der Waals surface area contributed by atoms with E-state index >= 15 is 0 Å². The van der Waals surface area contributed by atoms with Crippen molar-refractivity contribution in [3.63, 3.8) is 0 Å². The standard InChI is InChI=1S/C19H19N5OS/c25-18(23-13-7-8-14-23)17(15-9-3-1-4-10-15)26-19-20-21-22-24(19)16-11-5-2-6-12-16/h1-6,9-12,17H,7-8,13-14H2/t17-/m1/s1. The van der Waals surface area contributed by atoms with E-state index in [1.165, 1.54) is 11.8 Å². The van der Waals surface area contributed by atoms with Crippen LogP contribution in [0.15, 0.2) is 65.8 Å². The summed E-state index contributed by atoms with van der Waals surface area (Å²) in [6, 6.07) is 19.6. The van der Waals surface area contributed by atoms with Gasteiger partial charge in [0.05, 0.1) is 5.69 Å². The number of rotatable bonds is 5. The molecule has 6 nitrogen and oxygen atoms in total. The molecule has 2 heterocycles. The Kier molecular flexibility index (Phi) is 4.97. The monoisotopic (exact) mass is 365 g/mol. The van der Waals surface area contributed by atoms with Gasteiger partial charge < -0.3 is 4.90 Å². The second-order valence-electron chi connectivity index (χ2n) is 6.15. The third-order valence-corrected chi connectivity index (χ3v) is 5.58. The molecule has 1 fully saturated rings. The van der Waals surface area contributed by atoms with Crippen molar-refractivity contribution < 1.29 is 4.79 Å². The first-order valence-corrected chi connectivity index (χ1v) is 9.55. The zero-order chi connectivity index (χ0) is 17.8. The van der Waals surface area contributed by atoms with Crippen LogP contribution in [0.3, 0.4) is 0 Å². The Morgan fingerprint density at radius 1 is 0.962 bits per heavy atom. The van der Waals surface area contributed by atoms with Crippen molar-refractivity contribution in [1.82, 2.24) is 25.1 Å². The number of carbonyl (C=O) groups is 1. The fourth-order valence-corrected chi connectivity index (χ4v) is 4.16. The minimum Gasteiger partial charge on any atom is -0.341 e. The number of para-hydroxylation sites is 1. The lowest BCUT2D eigenvalue weighted by Crippen LogP contribution is -2.31. The second-order valence-corrected chi connectivity index (χ2v) is 7.22. The lowest BCUT2D eigenvalue weighted by Gasteiger charge is -2.22. The molecule has 0 radical (unpaired) electrons. The number of aromatic nitrogens is 4. The van der Waals surface area contributed by atoms with Crippen LogP contribution in [0.2, 0.25) is 0 Å². The molecule has 1 amide bonds. The summed E-state index contributed by atoms with van der Waals surface area (Å²) in [4.78, 5) is 15.1. The predicted molar refractivity (Wildman–Crippen MR) is 100 cm³/mol. The number of tetrazole rings is 1. The third kappa shape index (κ3) is 3.48. The maximum atomic E-state index is 13.1. The maximum Gasteiger partial charge on any atom is 0.240 e. The van der Waals surface area contributed by atoms with Gasteiger partial charge in [-0.3, -0.25) is 4.79 Å². The summed E-state index contributed by atoms with van der Waals surface area (Å²) in [6.07, 6.45) is 2.14. The molecule has 0 bridgehead atoms. The van der Waals surface area contributed by atoms with Gasteiger partial charge in [0.15, 0.2) is 0 Å². The van der Waals surface area contributed by atoms with E-state index in [1.54, 1.807) is 4.68 Å². The summed E-state index contributed by atoms with van der Waals surface area (Å²) in [6.45, 7) is 1.65. The van der Waals surface area contributed by atoms with Crippen LogP contribution in [-0.4, -0.2) is 44.1 Å². The number of hydrogen-bond acceptors (Lipinski definition) is 5. The lowest BCUT2D eigenvalue weighted by molar-refractivity contribution is -0.129. The zero-order valence-corrected chi connectivity index (χ0v) is 15.0. The van der Waals surface area contributed by atoms with E-state index in [9.17, 15) is 4.79 Å². The van der Waals surface area contributed by atoms with Crippen molar-refractivity contribution in [2.24, 2.45) is 0 Å². The summed E-state index contributed by atoms with van der Waals surface area (Å²) < 4.78 is 1.68. The van der Waals surface area contributed by atoms with Gasteiger partial charge in [0.25, 0.3) is 0 Å². The van der Waals surface area contributed by atoms with Gasteiger partial charge in [-0.25, -0.2) is 0 Å². The minimum atomic E-state index is -0.359. The fourth-order valence-electron chi connectivity index (χ4n) is 3.08. The normalized spacial score (nSPS) is 15.2. The van der Waals surface area contributed by atoms with Crippen LogP contribution in [0.5, 0.6) is 0 Å². The second kappa shape index (κ2) is 7.70. The van der Waals surface area contributed by atoms with E-state index in [-0.39, 0.29) is 11.2 Å². The van der Waals surface area contributed by atoms with E-state index in [2.05, 4.69) is 15.5 Å². The molecule has 1 atom stereocenters. The molecule has 2 aromatic carbocycles. The molecule has 7 heteroatoms. The largest absolute Gasteiger partial charge is 0.341 e. The highest BCUT2D eigenvalue weighted by Gasteiger charge is 2.30. The summed E-state index contributed by atoms with van der Waals surface area (Å²) >= 11 is 1.40. The van der Waals surface area contributed by atoms with Gasteiger partial charge in [-0.1, -0.05) is 60.3 Å². The van der Waals surface area contributed by atoms with E-state index in [0.717, 1.165) is 37.2 Å². The van der Waals surface area contributed by atoms with Crippen LogP contribution in [-0.2, 0) is 4.79 Å². The number of nitrogens with zero attached hydrogens (tertiary/aromatic N) is 5. The van der Waals surface area contributed by atoms with Gasteiger partial charge in [0.1, 0.15) is 5.25 Å². The number of thioether (sulfide) groups is 1. The van der Waals surface area contributed by atoms with Crippen molar-refractivity contribution >= 4 is 17.7 Å². The van der Waals surface area contributed by atoms with Gasteiger partial charge in [-0.05, 0) is 41.0 Å². The summed E-state index contributed by atoms with van der Waals surface area (Å²) in [5.74, 6) is 0.126. The summed E-state index contributed by atoms with van der Waals surface area (Å²) in [5, 5.41) is 12.3. The van der Waals surface area contributed by atoms with E-state index in [4.69, 9.17) is 0 Å². The molecular formula is C19H19N5OS. The number of likely N-dealkylation sites (tertiary alicyclic amines) is 1. The van der Waals surface area contributed by atoms with Crippen molar-refractivity contribution in [3.8, 4) is 5.69 Å². The molecule has 0 aliphatic carbocycles. The molecule has 26 heavy (non-hydrogen) atoms. The molecule has 0 saturated carbocycles. The van der Waals surface area contributed by atoms with Gasteiger partial charge in [0.2, 0.25) is 11.1 Å². The average molecular weight is 365 g/mol. The molecule has 1 aliphatic rings. The van der Waals surface area contributed by atoms with E-state index < -0.39 is 0 Å². The first kappa shape index (κ1) is 16.8. The highest BCUT2D eigenvalue weighted by molar-refractivity contribution is 8.00. The number of hydrogen-bond donors (Lipinski definition) is 0. The van der Waals surface area contributed by atoms with Crippen LogP contribution in [0, 0.1) is 0 Å². The minimum absolute atomic E-state index is 0.126. The molecule has 1 aromatic heterocycles. The average Bonchev–Trinajstić information content (AvgIpc) is 3.39. The molecule has 0 unspecified atom stereocenters. The van der Waals surface area contributed by atoms with Crippen LogP contribution >= 0.6 is 11.8 Å². The molecule has 1 saturated heterocycles. The van der Waals surface area contributed by atoms with Crippen molar-refractivity contribution in [3.05, 3.63) is 66.2 Å². The Balaban J connectivity index is 1.66. The van der Waals surface area contributed by atoms with Gasteiger partial charge in [-0.15, -0.1) is 5.10 Å².